The Kier molecular flexibility index (Phi) is 9.54. The van der Waals surface area contributed by atoms with E-state index in [1.54, 1.807) is 12.1 Å². The average Bonchev–Trinajstić information content (AvgIpc) is 3.27. The van der Waals surface area contributed by atoms with E-state index >= 15 is 4.39 Å². The van der Waals surface area contributed by atoms with Gasteiger partial charge < -0.3 is 10.1 Å². The first-order chi connectivity index (χ1) is 17.9. The predicted molar refractivity (Wildman–Crippen MR) is 151 cm³/mol. The second kappa shape index (κ2) is 12.8. The maximum Gasteiger partial charge on any atom is 0.414 e. The molecule has 2 aromatic rings. The number of hydrogen-bond acceptors (Lipinski definition) is 5. The summed E-state index contributed by atoms with van der Waals surface area (Å²) >= 11 is 5.25. The first kappa shape index (κ1) is 27.5. The quantitative estimate of drug-likeness (QED) is 0.300. The Hall–Kier alpha value is -2.52. The van der Waals surface area contributed by atoms with Crippen LogP contribution in [0.1, 0.15) is 56.1 Å². The summed E-state index contributed by atoms with van der Waals surface area (Å²) in [7, 11) is -2.23. The minimum Gasteiger partial charge on any atom is -0.442 e. The van der Waals surface area contributed by atoms with E-state index in [2.05, 4.69) is 28.7 Å². The van der Waals surface area contributed by atoms with Crippen LogP contribution >= 0.6 is 12.2 Å². The molecule has 4 rings (SSSR count). The predicted octanol–water partition coefficient (Wildman–Crippen LogP) is 5.85. The number of nitrogens with zero attached hydrogens (tertiary/aromatic N) is 2. The van der Waals surface area contributed by atoms with Crippen LogP contribution < -0.4 is 10.2 Å². The molecular formula is C28H36FN3O3S2. The van der Waals surface area contributed by atoms with Gasteiger partial charge in [-0.3, -0.25) is 4.90 Å². The number of cyclic esters (lactones) is 1. The zero-order valence-corrected chi connectivity index (χ0v) is 23.0. The van der Waals surface area contributed by atoms with Gasteiger partial charge >= 0.3 is 6.09 Å². The Morgan fingerprint density at radius 2 is 1.97 bits per heavy atom. The largest absolute Gasteiger partial charge is 0.442 e. The molecule has 0 bridgehead atoms. The Labute approximate surface area is 225 Å². The monoisotopic (exact) mass is 545 g/mol. The van der Waals surface area contributed by atoms with Crippen molar-refractivity contribution < 1.29 is 18.1 Å². The molecule has 2 aliphatic rings. The molecule has 0 saturated carbocycles. The Morgan fingerprint density at radius 1 is 1.22 bits per heavy atom. The fourth-order valence-electron chi connectivity index (χ4n) is 4.89. The van der Waals surface area contributed by atoms with Crippen LogP contribution in [0.25, 0.3) is 0 Å². The van der Waals surface area contributed by atoms with Crippen molar-refractivity contribution in [1.82, 2.24) is 5.32 Å². The molecule has 0 radical (unpaired) electrons. The number of ether oxygens (including phenoxy) is 1. The standard InChI is InChI=1S/C28H36FN3O3S2/c1-2-7-27(36)30-19-24-20-32(28(33)35-24)23-11-12-25(26(29)18-23)22-13-16-37(34,17-14-22)31-15-6-10-21-8-4-3-5-9-21/h3-5,8-9,11-12,18,22,24H,2,6-7,10,13-17,19-20H2,1H3,(H,30,36)/t22?,24-,37?/m0/s1. The number of anilines is 1. The highest BCUT2D eigenvalue weighted by Gasteiger charge is 2.33. The second-order valence-corrected chi connectivity index (χ2v) is 12.9. The summed E-state index contributed by atoms with van der Waals surface area (Å²) in [4.78, 5) is 14.6. The maximum absolute atomic E-state index is 15.2. The van der Waals surface area contributed by atoms with Gasteiger partial charge in [-0.15, -0.1) is 0 Å². The molecule has 2 saturated heterocycles. The number of amides is 1. The van der Waals surface area contributed by atoms with E-state index in [4.69, 9.17) is 17.0 Å². The molecule has 2 aliphatic heterocycles. The molecule has 6 nitrogen and oxygen atoms in total. The molecule has 0 aromatic heterocycles. The summed E-state index contributed by atoms with van der Waals surface area (Å²) < 4.78 is 38.3. The van der Waals surface area contributed by atoms with E-state index in [-0.39, 0.29) is 17.8 Å². The third-order valence-electron chi connectivity index (χ3n) is 6.98. The van der Waals surface area contributed by atoms with Crippen LogP contribution in [-0.2, 0) is 20.9 Å². The number of rotatable bonds is 10. The van der Waals surface area contributed by atoms with E-state index < -0.39 is 15.8 Å². The molecule has 9 heteroatoms. The van der Waals surface area contributed by atoms with Crippen molar-refractivity contribution in [2.24, 2.45) is 4.36 Å². The zero-order valence-electron chi connectivity index (χ0n) is 21.4. The van der Waals surface area contributed by atoms with Gasteiger partial charge in [-0.05, 0) is 67.7 Å². The second-order valence-electron chi connectivity index (χ2n) is 9.77. The molecule has 200 valence electrons. The minimum atomic E-state index is -2.23. The number of aryl methyl sites for hydroxylation is 1. The first-order valence-corrected chi connectivity index (χ1v) is 15.4. The molecular weight excluding hydrogens is 509 g/mol. The van der Waals surface area contributed by atoms with E-state index in [1.807, 2.05) is 18.2 Å². The molecule has 0 aliphatic carbocycles. The van der Waals surface area contributed by atoms with Crippen LogP contribution in [0.5, 0.6) is 0 Å². The van der Waals surface area contributed by atoms with Gasteiger partial charge in [-0.2, -0.15) is 0 Å². The lowest BCUT2D eigenvalue weighted by Gasteiger charge is -2.26. The van der Waals surface area contributed by atoms with E-state index in [0.717, 1.165) is 30.7 Å². The van der Waals surface area contributed by atoms with Gasteiger partial charge in [0.15, 0.2) is 0 Å². The SMILES string of the molecule is CCCC(=S)NC[C@H]1CN(c2ccc(C3CCS(=O)(=NCCCc4ccccc4)CC3)c(F)c2)C(=O)O1. The summed E-state index contributed by atoms with van der Waals surface area (Å²) in [5.41, 5.74) is 2.36. The number of carbonyl (C=O) groups excluding carboxylic acids is 1. The van der Waals surface area contributed by atoms with Crippen LogP contribution in [0.15, 0.2) is 52.9 Å². The summed E-state index contributed by atoms with van der Waals surface area (Å²) in [5.74, 6) is 0.661. The summed E-state index contributed by atoms with van der Waals surface area (Å²) in [5, 5.41) is 3.13. The van der Waals surface area contributed by atoms with Crippen molar-refractivity contribution >= 4 is 38.7 Å². The van der Waals surface area contributed by atoms with Crippen LogP contribution in [0.2, 0.25) is 0 Å². The lowest BCUT2D eigenvalue weighted by molar-refractivity contribution is 0.143. The highest BCUT2D eigenvalue weighted by atomic mass is 32.2. The van der Waals surface area contributed by atoms with Crippen LogP contribution in [-0.4, -0.2) is 52.5 Å². The number of halogens is 1. The Morgan fingerprint density at radius 3 is 2.68 bits per heavy atom. The average molecular weight is 546 g/mol. The summed E-state index contributed by atoms with van der Waals surface area (Å²) in [6.45, 7) is 3.43. The van der Waals surface area contributed by atoms with Gasteiger partial charge in [0, 0.05) is 27.8 Å². The Balaban J connectivity index is 1.29. The van der Waals surface area contributed by atoms with Crippen LogP contribution in [0.3, 0.4) is 0 Å². The minimum absolute atomic E-state index is 0.00481. The smallest absolute Gasteiger partial charge is 0.414 e. The van der Waals surface area contributed by atoms with Gasteiger partial charge in [0.05, 0.1) is 23.8 Å². The number of hydrogen-bond donors (Lipinski definition) is 1. The van der Waals surface area contributed by atoms with E-state index in [9.17, 15) is 9.00 Å². The third-order valence-corrected chi connectivity index (χ3v) is 9.73. The first-order valence-electron chi connectivity index (χ1n) is 13.1. The van der Waals surface area contributed by atoms with Crippen molar-refractivity contribution in [1.29, 1.82) is 0 Å². The van der Waals surface area contributed by atoms with Crippen molar-refractivity contribution in [2.75, 3.05) is 36.0 Å². The van der Waals surface area contributed by atoms with Crippen molar-refractivity contribution in [3.63, 3.8) is 0 Å². The third kappa shape index (κ3) is 7.51. The topological polar surface area (TPSA) is 71.0 Å². The molecule has 0 unspecified atom stereocenters. The molecule has 37 heavy (non-hydrogen) atoms. The molecule has 0 spiro atoms. The molecule has 1 amide bonds. The van der Waals surface area contributed by atoms with Gasteiger partial charge in [0.2, 0.25) is 0 Å². The molecule has 2 heterocycles. The summed E-state index contributed by atoms with van der Waals surface area (Å²) in [6, 6.07) is 15.2. The normalized spacial score (nSPS) is 23.5. The fourth-order valence-corrected chi connectivity index (χ4v) is 7.41. The van der Waals surface area contributed by atoms with Gasteiger partial charge in [-0.25, -0.2) is 17.8 Å². The van der Waals surface area contributed by atoms with Gasteiger partial charge in [0.1, 0.15) is 11.9 Å². The highest BCUT2D eigenvalue weighted by Crippen LogP contribution is 2.34. The lowest BCUT2D eigenvalue weighted by Crippen LogP contribution is -2.33. The van der Waals surface area contributed by atoms with E-state index in [0.29, 0.717) is 55.2 Å². The van der Waals surface area contributed by atoms with Gasteiger partial charge in [0.25, 0.3) is 0 Å². The number of benzene rings is 2. The highest BCUT2D eigenvalue weighted by molar-refractivity contribution is 7.93. The summed E-state index contributed by atoms with van der Waals surface area (Å²) in [6.07, 6.45) is 4.03. The molecule has 2 fully saturated rings. The fraction of sp³-hybridized carbons (Fsp3) is 0.500. The van der Waals surface area contributed by atoms with Crippen molar-refractivity contribution in [3.05, 3.63) is 65.5 Å². The van der Waals surface area contributed by atoms with Crippen LogP contribution in [0, 0.1) is 5.82 Å². The molecule has 1 atom stereocenters. The maximum atomic E-state index is 15.2. The Bertz CT molecular complexity index is 1200. The molecule has 1 N–H and O–H groups in total. The van der Waals surface area contributed by atoms with Crippen LogP contribution in [0.4, 0.5) is 14.9 Å². The molecule has 2 aromatic carbocycles. The number of thiocarbonyl (C=S) groups is 1. The number of carbonyl (C=O) groups is 1. The van der Waals surface area contributed by atoms with E-state index in [1.165, 1.54) is 16.5 Å². The van der Waals surface area contributed by atoms with Crippen molar-refractivity contribution in [3.8, 4) is 0 Å². The lowest BCUT2D eigenvalue weighted by atomic mass is 9.93. The van der Waals surface area contributed by atoms with Crippen molar-refractivity contribution in [2.45, 2.75) is 57.5 Å². The zero-order chi connectivity index (χ0) is 26.3. The van der Waals surface area contributed by atoms with Gasteiger partial charge in [-0.1, -0.05) is 55.5 Å². The number of nitrogens with one attached hydrogen (secondary N) is 1.